The lowest BCUT2D eigenvalue weighted by Gasteiger charge is -2.43. The number of halogens is 2. The van der Waals surface area contributed by atoms with Crippen LogP contribution in [0.5, 0.6) is 23.0 Å². The molecule has 11 heteroatoms. The first-order chi connectivity index (χ1) is 28.2. The van der Waals surface area contributed by atoms with E-state index in [9.17, 15) is 0 Å². The van der Waals surface area contributed by atoms with Crippen molar-refractivity contribution in [3.05, 3.63) is 179 Å². The van der Waals surface area contributed by atoms with E-state index in [0.717, 1.165) is 38.9 Å². The van der Waals surface area contributed by atoms with E-state index in [0.29, 0.717) is 28.6 Å². The number of rotatable bonds is 12. The molecular formula is C48H49Cl2O6P3. The standard InChI is InChI=1S/C48H49Cl2O6P3/c1-45(2,3)41-31-37(51-7)29-39(43(41)53-57-58(49)50)40-30-38(52-8)32-42(46(4,5)6)44(40)54-59-55-47(33-21-13-9-14-22-33,34-23-15-10-16-24-34)48(56-59,35-25-17-11-18-26-35)36-27-19-12-20-28-36/h9-32,57H,1-8H3. The highest BCUT2D eigenvalue weighted by atomic mass is 35.9. The molecule has 0 bridgehead atoms. The van der Waals surface area contributed by atoms with Gasteiger partial charge in [0.25, 0.3) is 0 Å². The largest absolute Gasteiger partial charge is 0.497 e. The molecule has 1 fully saturated rings. The maximum atomic E-state index is 7.60. The van der Waals surface area contributed by atoms with E-state index in [4.69, 9.17) is 50.1 Å². The Morgan fingerprint density at radius 1 is 0.525 bits per heavy atom. The third-order valence-electron chi connectivity index (χ3n) is 10.5. The molecule has 6 aromatic carbocycles. The minimum Gasteiger partial charge on any atom is -0.497 e. The second-order valence-corrected chi connectivity index (χ2v) is 24.3. The van der Waals surface area contributed by atoms with Crippen LogP contribution in [0.15, 0.2) is 146 Å². The zero-order chi connectivity index (χ0) is 42.0. The van der Waals surface area contributed by atoms with E-state index in [1.165, 1.54) is 0 Å². The van der Waals surface area contributed by atoms with Crippen LogP contribution in [-0.4, -0.2) is 14.2 Å². The summed E-state index contributed by atoms with van der Waals surface area (Å²) in [5, 5.41) is 0. The Morgan fingerprint density at radius 3 is 1.19 bits per heavy atom. The first-order valence-corrected chi connectivity index (χ1v) is 25.3. The third kappa shape index (κ3) is 8.49. The fourth-order valence-corrected chi connectivity index (χ4v) is 10.8. The average Bonchev–Trinajstić information content (AvgIpc) is 3.59. The van der Waals surface area contributed by atoms with Crippen LogP contribution < -0.4 is 18.5 Å². The SMILES string of the molecule is COc1cc(-c2cc(OC)cc(C(C)(C)C)c2OP2OC(c3ccccc3)(c3ccccc3)C(c3ccccc3)(c3ccccc3)O2)c(OPP(Cl)Cl)c(C(C)(C)C)c1. The molecule has 1 heterocycles. The van der Waals surface area contributed by atoms with Crippen LogP contribution in [0.4, 0.5) is 0 Å². The van der Waals surface area contributed by atoms with Crippen LogP contribution >= 0.6 is 45.9 Å². The van der Waals surface area contributed by atoms with E-state index in [1.54, 1.807) is 14.2 Å². The van der Waals surface area contributed by atoms with E-state index in [1.807, 2.05) is 97.1 Å². The van der Waals surface area contributed by atoms with Gasteiger partial charge in [-0.15, -0.1) is 0 Å². The van der Waals surface area contributed by atoms with Gasteiger partial charge in [0.1, 0.15) is 37.8 Å². The van der Waals surface area contributed by atoms with E-state index in [-0.39, 0.29) is 13.9 Å². The lowest BCUT2D eigenvalue weighted by molar-refractivity contribution is 0.00370. The van der Waals surface area contributed by atoms with Gasteiger partial charge >= 0.3 is 8.60 Å². The summed E-state index contributed by atoms with van der Waals surface area (Å²) in [5.74, 6) is 2.51. The van der Waals surface area contributed by atoms with Crippen LogP contribution in [0.3, 0.4) is 0 Å². The van der Waals surface area contributed by atoms with Gasteiger partial charge in [-0.3, -0.25) is 9.05 Å². The molecule has 0 aliphatic carbocycles. The normalized spacial score (nSPS) is 15.4. The second-order valence-electron chi connectivity index (χ2n) is 16.4. The smallest absolute Gasteiger partial charge is 0.400 e. The summed E-state index contributed by atoms with van der Waals surface area (Å²) in [7, 11) is 0.961. The first kappa shape index (κ1) is 43.4. The number of hydrogen-bond donors (Lipinski definition) is 0. The summed E-state index contributed by atoms with van der Waals surface area (Å²) in [5.41, 5.74) is 3.67. The van der Waals surface area contributed by atoms with Gasteiger partial charge in [-0.1, -0.05) is 185 Å². The Kier molecular flexibility index (Phi) is 13.0. The predicted molar refractivity (Wildman–Crippen MR) is 247 cm³/mol. The molecule has 0 N–H and O–H groups in total. The number of methoxy groups -OCH3 is 2. The van der Waals surface area contributed by atoms with Crippen molar-refractivity contribution >= 4 is 45.9 Å². The second kappa shape index (κ2) is 17.7. The van der Waals surface area contributed by atoms with Crippen molar-refractivity contribution in [2.75, 3.05) is 14.2 Å². The first-order valence-electron chi connectivity index (χ1n) is 19.3. The highest BCUT2D eigenvalue weighted by molar-refractivity contribution is 8.43. The third-order valence-corrected chi connectivity index (χ3v) is 14.1. The fourth-order valence-electron chi connectivity index (χ4n) is 7.77. The minimum atomic E-state index is -2.19. The molecular weight excluding hydrogens is 836 g/mol. The Bertz CT molecular complexity index is 2180. The highest BCUT2D eigenvalue weighted by Crippen LogP contribution is 2.71. The Balaban J connectivity index is 1.55. The summed E-state index contributed by atoms with van der Waals surface area (Å²) in [4.78, 5) is 0. The van der Waals surface area contributed by atoms with Crippen LogP contribution in [0, 0.1) is 0 Å². The maximum absolute atomic E-state index is 7.60. The molecule has 59 heavy (non-hydrogen) atoms. The molecule has 1 aliphatic rings. The van der Waals surface area contributed by atoms with Gasteiger partial charge in [0, 0.05) is 22.3 Å². The quantitative estimate of drug-likeness (QED) is 0.114. The molecule has 0 radical (unpaired) electrons. The molecule has 0 amide bonds. The predicted octanol–water partition coefficient (Wildman–Crippen LogP) is 15.2. The monoisotopic (exact) mass is 884 g/mol. The summed E-state index contributed by atoms with van der Waals surface area (Å²) in [6, 6.07) is 49.2. The Morgan fingerprint density at radius 2 is 0.864 bits per heavy atom. The summed E-state index contributed by atoms with van der Waals surface area (Å²) in [6.07, 6.45) is -1.40. The van der Waals surface area contributed by atoms with Gasteiger partial charge < -0.3 is 18.5 Å². The van der Waals surface area contributed by atoms with Crippen molar-refractivity contribution in [2.45, 2.75) is 63.6 Å². The highest BCUT2D eigenvalue weighted by Gasteiger charge is 2.67. The zero-order valence-corrected chi connectivity index (χ0v) is 38.8. The maximum Gasteiger partial charge on any atom is 0.400 e. The van der Waals surface area contributed by atoms with E-state index >= 15 is 0 Å². The number of benzene rings is 6. The van der Waals surface area contributed by atoms with Gasteiger partial charge in [0.15, 0.2) is 11.2 Å². The van der Waals surface area contributed by atoms with Gasteiger partial charge in [-0.2, -0.15) is 0 Å². The summed E-state index contributed by atoms with van der Waals surface area (Å²) in [6.45, 7) is 12.9. The molecule has 7 rings (SSSR count). The number of hydrogen-bond acceptors (Lipinski definition) is 6. The van der Waals surface area contributed by atoms with E-state index in [2.05, 4.69) is 90.1 Å². The van der Waals surface area contributed by atoms with Crippen LogP contribution in [0.1, 0.15) is 74.9 Å². The molecule has 1 atom stereocenters. The van der Waals surface area contributed by atoms with E-state index < -0.39 is 31.5 Å². The molecule has 6 aromatic rings. The average molecular weight is 886 g/mol. The molecule has 1 saturated heterocycles. The topological polar surface area (TPSA) is 55.4 Å². The van der Waals surface area contributed by atoms with Gasteiger partial charge in [0.05, 0.1) is 14.2 Å². The molecule has 0 aromatic heterocycles. The molecule has 1 unspecified atom stereocenters. The molecule has 306 valence electrons. The minimum absolute atomic E-state index is 0.175. The van der Waals surface area contributed by atoms with Gasteiger partial charge in [0.2, 0.25) is 0 Å². The molecule has 0 spiro atoms. The summed E-state index contributed by atoms with van der Waals surface area (Å²) >= 11 is 12.8. The van der Waals surface area contributed by atoms with Crippen molar-refractivity contribution in [1.29, 1.82) is 0 Å². The van der Waals surface area contributed by atoms with Crippen molar-refractivity contribution < 1.29 is 27.6 Å². The van der Waals surface area contributed by atoms with Crippen LogP contribution in [-0.2, 0) is 31.1 Å². The van der Waals surface area contributed by atoms with Crippen molar-refractivity contribution in [2.24, 2.45) is 0 Å². The van der Waals surface area contributed by atoms with Gasteiger partial charge in [-0.25, -0.2) is 0 Å². The Labute approximate surface area is 362 Å². The van der Waals surface area contributed by atoms with Gasteiger partial charge in [-0.05, 0) is 57.3 Å². The lowest BCUT2D eigenvalue weighted by atomic mass is 9.66. The fraction of sp³-hybridized carbons (Fsp3) is 0.250. The summed E-state index contributed by atoms with van der Waals surface area (Å²) < 4.78 is 41.2. The molecule has 6 nitrogen and oxygen atoms in total. The van der Waals surface area contributed by atoms with Crippen molar-refractivity contribution in [3.63, 3.8) is 0 Å². The van der Waals surface area contributed by atoms with Crippen molar-refractivity contribution in [3.8, 4) is 34.1 Å². The molecule has 0 saturated carbocycles. The lowest BCUT2D eigenvalue weighted by Crippen LogP contribution is -2.48. The Hall–Kier alpha value is -3.69. The molecule has 1 aliphatic heterocycles. The number of ether oxygens (including phenoxy) is 2. The zero-order valence-electron chi connectivity index (χ0n) is 34.5. The van der Waals surface area contributed by atoms with Crippen LogP contribution in [0.25, 0.3) is 11.1 Å². The van der Waals surface area contributed by atoms with Crippen LogP contribution in [0.2, 0.25) is 0 Å². The van der Waals surface area contributed by atoms with Crippen molar-refractivity contribution in [1.82, 2.24) is 0 Å².